The molecular formula is C22H23Cl2N3O3. The lowest BCUT2D eigenvalue weighted by atomic mass is 9.47. The van der Waals surface area contributed by atoms with E-state index >= 15 is 0 Å². The van der Waals surface area contributed by atoms with Crippen molar-refractivity contribution in [1.82, 2.24) is 9.78 Å². The number of anilines is 2. The zero-order valence-corrected chi connectivity index (χ0v) is 18.1. The summed E-state index contributed by atoms with van der Waals surface area (Å²) in [6.45, 7) is 1.93. The topological polar surface area (TPSA) is 84.2 Å². The second kappa shape index (κ2) is 6.72. The molecule has 4 saturated carbocycles. The first kappa shape index (κ1) is 19.9. The van der Waals surface area contributed by atoms with E-state index in [2.05, 4.69) is 10.4 Å². The molecule has 4 bridgehead atoms. The summed E-state index contributed by atoms with van der Waals surface area (Å²) < 4.78 is 1.49. The average molecular weight is 448 g/mol. The molecule has 8 heteroatoms. The minimum Gasteiger partial charge on any atom is -0.481 e. The lowest BCUT2D eigenvalue weighted by Gasteiger charge is -2.60. The van der Waals surface area contributed by atoms with Gasteiger partial charge in [-0.1, -0.05) is 29.3 Å². The fourth-order valence-corrected chi connectivity index (χ4v) is 6.79. The van der Waals surface area contributed by atoms with E-state index in [1.807, 2.05) is 13.0 Å². The van der Waals surface area contributed by atoms with Gasteiger partial charge in [-0.05, 0) is 75.0 Å². The molecule has 30 heavy (non-hydrogen) atoms. The second-order valence-corrected chi connectivity index (χ2v) is 10.3. The van der Waals surface area contributed by atoms with Crippen LogP contribution in [0.5, 0.6) is 0 Å². The van der Waals surface area contributed by atoms with Gasteiger partial charge in [-0.3, -0.25) is 9.59 Å². The van der Waals surface area contributed by atoms with E-state index < -0.39 is 16.9 Å². The molecule has 0 saturated heterocycles. The molecule has 0 spiro atoms. The molecule has 6 rings (SSSR count). The fraction of sp³-hybridized carbons (Fsp3) is 0.500. The summed E-state index contributed by atoms with van der Waals surface area (Å²) in [5, 5.41) is 18.3. The van der Waals surface area contributed by atoms with Crippen LogP contribution in [0.25, 0.3) is 0 Å². The maximum absolute atomic E-state index is 13.3. The fourth-order valence-electron chi connectivity index (χ4n) is 6.44. The Morgan fingerprint density at radius 3 is 2.57 bits per heavy atom. The van der Waals surface area contributed by atoms with Gasteiger partial charge in [0.15, 0.2) is 0 Å². The molecule has 1 heterocycles. The molecule has 158 valence electrons. The van der Waals surface area contributed by atoms with Crippen LogP contribution in [0.1, 0.15) is 44.1 Å². The minimum atomic E-state index is -0.744. The number of aliphatic carboxylic acids is 1. The number of halogens is 2. The van der Waals surface area contributed by atoms with Gasteiger partial charge in [-0.2, -0.15) is 5.10 Å². The van der Waals surface area contributed by atoms with Gasteiger partial charge in [0.25, 0.3) is 5.56 Å². The average Bonchev–Trinajstić information content (AvgIpc) is 2.67. The predicted octanol–water partition coefficient (Wildman–Crippen LogP) is 4.98. The third-order valence-electron chi connectivity index (χ3n) is 7.32. The molecule has 4 aliphatic carbocycles. The molecule has 4 aliphatic rings. The van der Waals surface area contributed by atoms with E-state index in [0.717, 1.165) is 30.5 Å². The zero-order chi connectivity index (χ0) is 21.3. The molecule has 2 unspecified atom stereocenters. The quantitative estimate of drug-likeness (QED) is 0.689. The molecule has 1 aromatic heterocycles. The van der Waals surface area contributed by atoms with E-state index in [0.29, 0.717) is 41.8 Å². The molecular weight excluding hydrogens is 425 g/mol. The standard InChI is InChI=1S/C22H23Cl2N3O3/c1-12-2-3-15(23)5-16(12)26-17-10-25-27(19(28)18(17)24)22-8-13-4-14(9-22)7-21(6-13,11-22)20(29)30/h2-3,5,10,13-14,26H,4,6-9,11H2,1H3,(H,29,30). The van der Waals surface area contributed by atoms with Gasteiger partial charge in [-0.15, -0.1) is 0 Å². The number of hydrogen-bond donors (Lipinski definition) is 2. The molecule has 0 radical (unpaired) electrons. The SMILES string of the molecule is Cc1ccc(Cl)cc1Nc1cnn(C23CC4CC(CC(C(=O)O)(C4)C2)C3)c(=O)c1Cl. The molecule has 4 fully saturated rings. The van der Waals surface area contributed by atoms with Crippen molar-refractivity contribution in [3.63, 3.8) is 0 Å². The maximum atomic E-state index is 13.3. The highest BCUT2D eigenvalue weighted by Gasteiger charge is 2.62. The maximum Gasteiger partial charge on any atom is 0.309 e. The predicted molar refractivity (Wildman–Crippen MR) is 116 cm³/mol. The number of carbonyl (C=O) groups is 1. The van der Waals surface area contributed by atoms with Gasteiger partial charge in [0.2, 0.25) is 0 Å². The van der Waals surface area contributed by atoms with E-state index in [4.69, 9.17) is 23.2 Å². The van der Waals surface area contributed by atoms with Gasteiger partial charge in [0.05, 0.1) is 22.8 Å². The van der Waals surface area contributed by atoms with E-state index in [1.54, 1.807) is 18.3 Å². The van der Waals surface area contributed by atoms with E-state index in [-0.39, 0.29) is 10.6 Å². The Morgan fingerprint density at radius 2 is 1.90 bits per heavy atom. The Labute approximate surface area is 184 Å². The first-order valence-electron chi connectivity index (χ1n) is 10.3. The Morgan fingerprint density at radius 1 is 1.20 bits per heavy atom. The Kier molecular flexibility index (Phi) is 4.46. The van der Waals surface area contributed by atoms with Crippen molar-refractivity contribution < 1.29 is 9.90 Å². The van der Waals surface area contributed by atoms with Crippen LogP contribution in [0.3, 0.4) is 0 Å². The number of benzene rings is 1. The van der Waals surface area contributed by atoms with Crippen molar-refractivity contribution in [3.05, 3.63) is 50.4 Å². The molecule has 0 aliphatic heterocycles. The van der Waals surface area contributed by atoms with Gasteiger partial charge in [-0.25, -0.2) is 4.68 Å². The third-order valence-corrected chi connectivity index (χ3v) is 7.92. The number of aryl methyl sites for hydroxylation is 1. The van der Waals surface area contributed by atoms with Crippen LogP contribution in [0.2, 0.25) is 10.0 Å². The van der Waals surface area contributed by atoms with E-state index in [9.17, 15) is 14.7 Å². The van der Waals surface area contributed by atoms with Crippen LogP contribution in [-0.4, -0.2) is 20.9 Å². The summed E-state index contributed by atoms with van der Waals surface area (Å²) >= 11 is 12.6. The summed E-state index contributed by atoms with van der Waals surface area (Å²) in [4.78, 5) is 25.4. The summed E-state index contributed by atoms with van der Waals surface area (Å²) in [5.74, 6) is -0.0988. The van der Waals surface area contributed by atoms with Crippen LogP contribution >= 0.6 is 23.2 Å². The van der Waals surface area contributed by atoms with Crippen LogP contribution in [0.4, 0.5) is 11.4 Å². The van der Waals surface area contributed by atoms with Gasteiger partial charge >= 0.3 is 5.97 Å². The Bertz CT molecular complexity index is 1100. The summed E-state index contributed by atoms with van der Waals surface area (Å²) in [5.41, 5.74) is 0.456. The van der Waals surface area contributed by atoms with Crippen molar-refractivity contribution >= 4 is 40.5 Å². The Balaban J connectivity index is 1.54. The molecule has 0 amide bonds. The van der Waals surface area contributed by atoms with Crippen LogP contribution in [0, 0.1) is 24.2 Å². The smallest absolute Gasteiger partial charge is 0.309 e. The number of aromatic nitrogens is 2. The van der Waals surface area contributed by atoms with Crippen LogP contribution in [-0.2, 0) is 10.3 Å². The lowest BCUT2D eigenvalue weighted by Crippen LogP contribution is -2.61. The Hall–Kier alpha value is -2.05. The second-order valence-electron chi connectivity index (χ2n) is 9.44. The monoisotopic (exact) mass is 447 g/mol. The van der Waals surface area contributed by atoms with Crippen LogP contribution in [0.15, 0.2) is 29.2 Å². The normalized spacial score (nSPS) is 31.7. The third kappa shape index (κ3) is 2.95. The number of rotatable bonds is 4. The molecule has 6 nitrogen and oxygen atoms in total. The first-order valence-corrected chi connectivity index (χ1v) is 11.0. The molecule has 2 aromatic rings. The molecule has 2 atom stereocenters. The van der Waals surface area contributed by atoms with Crippen molar-refractivity contribution in [3.8, 4) is 0 Å². The largest absolute Gasteiger partial charge is 0.481 e. The molecule has 1 aromatic carbocycles. The first-order chi connectivity index (χ1) is 14.2. The number of nitrogens with zero attached hydrogens (tertiary/aromatic N) is 2. The highest BCUT2D eigenvalue weighted by Crippen LogP contribution is 2.63. The van der Waals surface area contributed by atoms with Crippen molar-refractivity contribution in [2.75, 3.05) is 5.32 Å². The molecule has 2 N–H and O–H groups in total. The van der Waals surface area contributed by atoms with Gasteiger partial charge in [0.1, 0.15) is 5.02 Å². The van der Waals surface area contributed by atoms with Crippen molar-refractivity contribution in [1.29, 1.82) is 0 Å². The zero-order valence-electron chi connectivity index (χ0n) is 16.6. The number of nitrogens with one attached hydrogen (secondary N) is 1. The van der Waals surface area contributed by atoms with Crippen molar-refractivity contribution in [2.45, 2.75) is 51.0 Å². The number of carboxylic acid groups (broad SMARTS) is 1. The van der Waals surface area contributed by atoms with Crippen LogP contribution < -0.4 is 10.9 Å². The van der Waals surface area contributed by atoms with Crippen molar-refractivity contribution in [2.24, 2.45) is 17.3 Å². The van der Waals surface area contributed by atoms with E-state index in [1.165, 1.54) is 4.68 Å². The van der Waals surface area contributed by atoms with Gasteiger partial charge in [0, 0.05) is 10.7 Å². The summed E-state index contributed by atoms with van der Waals surface area (Å²) in [6.07, 6.45) is 6.06. The highest BCUT2D eigenvalue weighted by atomic mass is 35.5. The highest BCUT2D eigenvalue weighted by molar-refractivity contribution is 6.33. The summed E-state index contributed by atoms with van der Waals surface area (Å²) in [7, 11) is 0. The minimum absolute atomic E-state index is 0.0597. The number of carboxylic acids is 1. The number of hydrogen-bond acceptors (Lipinski definition) is 4. The summed E-state index contributed by atoms with van der Waals surface area (Å²) in [6, 6.07) is 5.45. The lowest BCUT2D eigenvalue weighted by molar-refractivity contribution is -0.173. The van der Waals surface area contributed by atoms with Gasteiger partial charge < -0.3 is 10.4 Å².